The SMILES string of the molecule is CCCCOc1ccc(/C=C/C(=O)O)c(C(F)(F)F)c1. The summed E-state index contributed by atoms with van der Waals surface area (Å²) < 4.78 is 43.9. The fraction of sp³-hybridized carbons (Fsp3) is 0.357. The van der Waals surface area contributed by atoms with E-state index in [2.05, 4.69) is 0 Å². The molecule has 0 radical (unpaired) electrons. The topological polar surface area (TPSA) is 46.5 Å². The summed E-state index contributed by atoms with van der Waals surface area (Å²) in [5, 5.41) is 8.47. The number of benzene rings is 1. The van der Waals surface area contributed by atoms with E-state index in [9.17, 15) is 18.0 Å². The number of hydrogen-bond donors (Lipinski definition) is 1. The van der Waals surface area contributed by atoms with E-state index in [4.69, 9.17) is 9.84 Å². The Labute approximate surface area is 114 Å². The molecule has 0 aliphatic rings. The highest BCUT2D eigenvalue weighted by atomic mass is 19.4. The zero-order chi connectivity index (χ0) is 15.2. The summed E-state index contributed by atoms with van der Waals surface area (Å²) in [5.41, 5.74) is -1.12. The van der Waals surface area contributed by atoms with Crippen molar-refractivity contribution in [3.05, 3.63) is 35.4 Å². The van der Waals surface area contributed by atoms with Gasteiger partial charge in [-0.2, -0.15) is 13.2 Å². The van der Waals surface area contributed by atoms with E-state index in [1.54, 1.807) is 0 Å². The minimum absolute atomic E-state index is 0.123. The summed E-state index contributed by atoms with van der Waals surface area (Å²) in [6.07, 6.45) is -1.35. The maximum atomic E-state index is 12.9. The normalized spacial score (nSPS) is 11.8. The summed E-state index contributed by atoms with van der Waals surface area (Å²) >= 11 is 0. The van der Waals surface area contributed by atoms with E-state index in [0.717, 1.165) is 25.0 Å². The van der Waals surface area contributed by atoms with Gasteiger partial charge in [0.15, 0.2) is 0 Å². The molecule has 0 bridgehead atoms. The molecule has 0 aromatic heterocycles. The first-order valence-electron chi connectivity index (χ1n) is 6.09. The first kappa shape index (κ1) is 16.1. The second kappa shape index (κ2) is 6.98. The van der Waals surface area contributed by atoms with E-state index in [1.165, 1.54) is 12.1 Å². The first-order chi connectivity index (χ1) is 9.34. The zero-order valence-electron chi connectivity index (χ0n) is 10.9. The van der Waals surface area contributed by atoms with Gasteiger partial charge in [0.25, 0.3) is 0 Å². The molecular formula is C14H15F3O3. The summed E-state index contributed by atoms with van der Waals surface area (Å²) in [6.45, 7) is 2.29. The lowest BCUT2D eigenvalue weighted by atomic mass is 10.1. The average Bonchev–Trinajstić information content (AvgIpc) is 2.36. The van der Waals surface area contributed by atoms with Crippen LogP contribution in [0.2, 0.25) is 0 Å². The van der Waals surface area contributed by atoms with Crippen molar-refractivity contribution in [2.75, 3.05) is 6.61 Å². The molecule has 110 valence electrons. The Morgan fingerprint density at radius 1 is 1.40 bits per heavy atom. The van der Waals surface area contributed by atoms with Gasteiger partial charge in [-0.15, -0.1) is 0 Å². The van der Waals surface area contributed by atoms with Gasteiger partial charge < -0.3 is 9.84 Å². The van der Waals surface area contributed by atoms with Crippen LogP contribution in [0.5, 0.6) is 5.75 Å². The number of hydrogen-bond acceptors (Lipinski definition) is 2. The fourth-order valence-corrected chi connectivity index (χ4v) is 1.51. The Morgan fingerprint density at radius 3 is 2.65 bits per heavy atom. The lowest BCUT2D eigenvalue weighted by molar-refractivity contribution is -0.138. The van der Waals surface area contributed by atoms with Gasteiger partial charge in [0, 0.05) is 6.08 Å². The molecule has 1 aromatic rings. The maximum Gasteiger partial charge on any atom is 0.417 e. The second-order valence-electron chi connectivity index (χ2n) is 4.12. The van der Waals surface area contributed by atoms with E-state index < -0.39 is 17.7 Å². The number of alkyl halides is 3. The molecule has 0 fully saturated rings. The third kappa shape index (κ3) is 4.95. The van der Waals surface area contributed by atoms with Crippen LogP contribution in [0.4, 0.5) is 13.2 Å². The molecule has 3 nitrogen and oxygen atoms in total. The quantitative estimate of drug-likeness (QED) is 0.636. The van der Waals surface area contributed by atoms with Gasteiger partial charge >= 0.3 is 12.1 Å². The van der Waals surface area contributed by atoms with Crippen molar-refractivity contribution in [3.63, 3.8) is 0 Å². The summed E-state index contributed by atoms with van der Waals surface area (Å²) in [5.74, 6) is -1.18. The fourth-order valence-electron chi connectivity index (χ4n) is 1.51. The highest BCUT2D eigenvalue weighted by molar-refractivity contribution is 5.85. The number of carbonyl (C=O) groups is 1. The van der Waals surface area contributed by atoms with Gasteiger partial charge in [-0.05, 0) is 30.2 Å². The van der Waals surface area contributed by atoms with E-state index in [-0.39, 0.29) is 11.3 Å². The Bertz CT molecular complexity index is 493. The number of carboxylic acid groups (broad SMARTS) is 1. The smallest absolute Gasteiger partial charge is 0.417 e. The van der Waals surface area contributed by atoms with Crippen molar-refractivity contribution in [2.24, 2.45) is 0 Å². The molecule has 0 heterocycles. The van der Waals surface area contributed by atoms with Gasteiger partial charge in [-0.3, -0.25) is 0 Å². The molecule has 1 rings (SSSR count). The number of unbranched alkanes of at least 4 members (excludes halogenated alkanes) is 1. The largest absolute Gasteiger partial charge is 0.494 e. The van der Waals surface area contributed by atoms with Gasteiger partial charge in [0.2, 0.25) is 0 Å². The van der Waals surface area contributed by atoms with Gasteiger partial charge in [-0.1, -0.05) is 19.4 Å². The average molecular weight is 288 g/mol. The van der Waals surface area contributed by atoms with Gasteiger partial charge in [0.1, 0.15) is 5.75 Å². The molecule has 1 N–H and O–H groups in total. The number of aliphatic carboxylic acids is 1. The van der Waals surface area contributed by atoms with Crippen LogP contribution in [0.25, 0.3) is 6.08 Å². The van der Waals surface area contributed by atoms with Crippen LogP contribution in [0.1, 0.15) is 30.9 Å². The third-order valence-electron chi connectivity index (χ3n) is 2.50. The Kier molecular flexibility index (Phi) is 5.61. The van der Waals surface area contributed by atoms with Gasteiger partial charge in [0.05, 0.1) is 12.2 Å². The van der Waals surface area contributed by atoms with E-state index >= 15 is 0 Å². The van der Waals surface area contributed by atoms with Crippen LogP contribution < -0.4 is 4.74 Å². The molecule has 0 amide bonds. The molecule has 0 unspecified atom stereocenters. The molecule has 0 aliphatic heterocycles. The summed E-state index contributed by atoms with van der Waals surface area (Å²) in [7, 11) is 0. The molecule has 0 aliphatic carbocycles. The number of carboxylic acids is 1. The lowest BCUT2D eigenvalue weighted by Gasteiger charge is -2.13. The molecule has 20 heavy (non-hydrogen) atoms. The summed E-state index contributed by atoms with van der Waals surface area (Å²) in [4.78, 5) is 10.4. The minimum atomic E-state index is -4.57. The molecule has 6 heteroatoms. The van der Waals surface area contributed by atoms with Crippen molar-refractivity contribution < 1.29 is 27.8 Å². The monoisotopic (exact) mass is 288 g/mol. The minimum Gasteiger partial charge on any atom is -0.494 e. The van der Waals surface area contributed by atoms with E-state index in [1.807, 2.05) is 6.92 Å². The molecule has 0 saturated heterocycles. The van der Waals surface area contributed by atoms with Crippen molar-refractivity contribution in [2.45, 2.75) is 25.9 Å². The number of halogens is 3. The van der Waals surface area contributed by atoms with Crippen molar-refractivity contribution in [1.29, 1.82) is 0 Å². The lowest BCUT2D eigenvalue weighted by Crippen LogP contribution is -2.08. The first-order valence-corrected chi connectivity index (χ1v) is 6.09. The maximum absolute atomic E-state index is 12.9. The second-order valence-corrected chi connectivity index (χ2v) is 4.12. The van der Waals surface area contributed by atoms with Crippen molar-refractivity contribution in [3.8, 4) is 5.75 Å². The predicted molar refractivity (Wildman–Crippen MR) is 68.5 cm³/mol. The van der Waals surface area contributed by atoms with Crippen molar-refractivity contribution in [1.82, 2.24) is 0 Å². The Hall–Kier alpha value is -1.98. The van der Waals surface area contributed by atoms with Crippen molar-refractivity contribution >= 4 is 12.0 Å². The van der Waals surface area contributed by atoms with E-state index in [0.29, 0.717) is 12.7 Å². The highest BCUT2D eigenvalue weighted by Crippen LogP contribution is 2.35. The summed E-state index contributed by atoms with van der Waals surface area (Å²) in [6, 6.07) is 3.48. The van der Waals surface area contributed by atoms with Crippen LogP contribution in [-0.2, 0) is 11.0 Å². The zero-order valence-corrected chi connectivity index (χ0v) is 10.9. The van der Waals surface area contributed by atoms with Gasteiger partial charge in [-0.25, -0.2) is 4.79 Å². The molecule has 0 atom stereocenters. The molecule has 1 aromatic carbocycles. The third-order valence-corrected chi connectivity index (χ3v) is 2.50. The van der Waals surface area contributed by atoms with Crippen LogP contribution in [0, 0.1) is 0 Å². The number of ether oxygens (including phenoxy) is 1. The van der Waals surface area contributed by atoms with Crippen LogP contribution >= 0.6 is 0 Å². The molecular weight excluding hydrogens is 273 g/mol. The van der Waals surface area contributed by atoms with Crippen LogP contribution in [0.15, 0.2) is 24.3 Å². The predicted octanol–water partition coefficient (Wildman–Crippen LogP) is 3.98. The Morgan fingerprint density at radius 2 is 2.10 bits per heavy atom. The Balaban J connectivity index is 3.04. The molecule has 0 saturated carbocycles. The van der Waals surface area contributed by atoms with Crippen LogP contribution in [-0.4, -0.2) is 17.7 Å². The van der Waals surface area contributed by atoms with Crippen LogP contribution in [0.3, 0.4) is 0 Å². The molecule has 0 spiro atoms. The number of rotatable bonds is 6. The standard InChI is InChI=1S/C14H15F3O3/c1-2-3-8-20-11-6-4-10(5-7-13(18)19)12(9-11)14(15,16)17/h4-7,9H,2-3,8H2,1H3,(H,18,19)/b7-5+. The highest BCUT2D eigenvalue weighted by Gasteiger charge is 2.33.